The van der Waals surface area contributed by atoms with Crippen molar-refractivity contribution < 1.29 is 14.3 Å². The lowest BCUT2D eigenvalue weighted by Gasteiger charge is -2.26. The molecular formula is C18H21NO3S. The molecular weight excluding hydrogens is 310 g/mol. The third-order valence-corrected chi connectivity index (χ3v) is 4.82. The minimum Gasteiger partial charge on any atom is -0.496 e. The van der Waals surface area contributed by atoms with Gasteiger partial charge >= 0.3 is 0 Å². The van der Waals surface area contributed by atoms with E-state index in [0.29, 0.717) is 5.56 Å². The van der Waals surface area contributed by atoms with Crippen LogP contribution in [0.1, 0.15) is 21.5 Å². The Labute approximate surface area is 140 Å². The Bertz CT molecular complexity index is 648. The summed E-state index contributed by atoms with van der Waals surface area (Å²) in [4.78, 5) is 14.8. The summed E-state index contributed by atoms with van der Waals surface area (Å²) < 4.78 is 10.9. The quantitative estimate of drug-likeness (QED) is 0.763. The molecule has 0 radical (unpaired) electrons. The molecule has 5 heteroatoms. The molecule has 1 aromatic carbocycles. The van der Waals surface area contributed by atoms with Crippen LogP contribution in [0.4, 0.5) is 0 Å². The lowest BCUT2D eigenvalue weighted by atomic mass is 10.0. The first kappa shape index (κ1) is 16.2. The molecule has 1 aromatic heterocycles. The third-order valence-electron chi connectivity index (χ3n) is 4.13. The number of benzene rings is 1. The Hall–Kier alpha value is -1.69. The van der Waals surface area contributed by atoms with Crippen molar-refractivity contribution in [2.24, 2.45) is 0 Å². The molecule has 2 aromatic rings. The smallest absolute Gasteiger partial charge is 0.193 e. The van der Waals surface area contributed by atoms with Crippen molar-refractivity contribution in [2.75, 3.05) is 40.0 Å². The van der Waals surface area contributed by atoms with Crippen LogP contribution in [0.3, 0.4) is 0 Å². The van der Waals surface area contributed by atoms with Crippen LogP contribution in [0, 0.1) is 0 Å². The van der Waals surface area contributed by atoms with Gasteiger partial charge in [-0.05, 0) is 29.5 Å². The highest BCUT2D eigenvalue weighted by Gasteiger charge is 2.14. The van der Waals surface area contributed by atoms with Gasteiger partial charge in [0.1, 0.15) is 5.75 Å². The van der Waals surface area contributed by atoms with Crippen molar-refractivity contribution in [3.8, 4) is 5.75 Å². The van der Waals surface area contributed by atoms with Gasteiger partial charge in [-0.25, -0.2) is 0 Å². The number of ketones is 1. The molecule has 0 bridgehead atoms. The Kier molecular flexibility index (Phi) is 5.43. The molecule has 3 rings (SSSR count). The molecule has 1 saturated heterocycles. The minimum absolute atomic E-state index is 0.0456. The van der Waals surface area contributed by atoms with Crippen molar-refractivity contribution in [1.29, 1.82) is 0 Å². The second-order valence-corrected chi connectivity index (χ2v) is 6.35. The van der Waals surface area contributed by atoms with E-state index < -0.39 is 0 Å². The van der Waals surface area contributed by atoms with Crippen LogP contribution in [0.5, 0.6) is 5.75 Å². The fourth-order valence-electron chi connectivity index (χ4n) is 2.76. The summed E-state index contributed by atoms with van der Waals surface area (Å²) in [5.41, 5.74) is 2.55. The van der Waals surface area contributed by atoms with Gasteiger partial charge in [0.25, 0.3) is 0 Å². The van der Waals surface area contributed by atoms with E-state index in [9.17, 15) is 4.79 Å². The van der Waals surface area contributed by atoms with Crippen LogP contribution < -0.4 is 4.74 Å². The number of rotatable bonds is 6. The second-order valence-electron chi connectivity index (χ2n) is 5.57. The first-order chi connectivity index (χ1) is 11.3. The van der Waals surface area contributed by atoms with Crippen LogP contribution in [-0.2, 0) is 11.2 Å². The fourth-order valence-corrected chi connectivity index (χ4v) is 3.39. The molecule has 0 aliphatic carbocycles. The number of morpholine rings is 1. The van der Waals surface area contributed by atoms with Crippen LogP contribution in [0.2, 0.25) is 0 Å². The highest BCUT2D eigenvalue weighted by molar-refractivity contribution is 7.08. The largest absolute Gasteiger partial charge is 0.496 e. The normalized spacial score (nSPS) is 15.5. The minimum atomic E-state index is 0.0456. The summed E-state index contributed by atoms with van der Waals surface area (Å²) in [5, 5.41) is 3.79. The topological polar surface area (TPSA) is 38.8 Å². The molecule has 4 nitrogen and oxygen atoms in total. The van der Waals surface area contributed by atoms with Gasteiger partial charge in [-0.3, -0.25) is 9.69 Å². The van der Waals surface area contributed by atoms with Gasteiger partial charge in [-0.1, -0.05) is 12.1 Å². The highest BCUT2D eigenvalue weighted by atomic mass is 32.1. The standard InChI is InChI=1S/C18H21NO3S/c1-21-17-12-15(18(20)16-5-11-23-13-16)3-2-14(17)4-6-19-7-9-22-10-8-19/h2-3,5,11-13H,4,6-10H2,1H3. The van der Waals surface area contributed by atoms with E-state index in [0.717, 1.165) is 56.1 Å². The van der Waals surface area contributed by atoms with Crippen LogP contribution in [0.15, 0.2) is 35.0 Å². The van der Waals surface area contributed by atoms with Gasteiger partial charge in [-0.2, -0.15) is 11.3 Å². The number of ether oxygens (including phenoxy) is 2. The molecule has 1 fully saturated rings. The molecule has 0 atom stereocenters. The molecule has 2 heterocycles. The molecule has 0 spiro atoms. The highest BCUT2D eigenvalue weighted by Crippen LogP contribution is 2.23. The van der Waals surface area contributed by atoms with Crippen LogP contribution in [0.25, 0.3) is 0 Å². The summed E-state index contributed by atoms with van der Waals surface area (Å²) >= 11 is 1.53. The monoisotopic (exact) mass is 331 g/mol. The van der Waals surface area contributed by atoms with Crippen LogP contribution in [-0.4, -0.2) is 50.6 Å². The molecule has 0 N–H and O–H groups in total. The summed E-state index contributed by atoms with van der Waals surface area (Å²) in [6.45, 7) is 4.57. The maximum absolute atomic E-state index is 12.4. The van der Waals surface area contributed by atoms with Crippen LogP contribution >= 0.6 is 11.3 Å². The van der Waals surface area contributed by atoms with Crippen molar-refractivity contribution in [3.05, 3.63) is 51.7 Å². The number of carbonyl (C=O) groups is 1. The lowest BCUT2D eigenvalue weighted by molar-refractivity contribution is 0.0384. The number of hydrogen-bond donors (Lipinski definition) is 0. The van der Waals surface area contributed by atoms with Gasteiger partial charge in [0.05, 0.1) is 20.3 Å². The molecule has 122 valence electrons. The summed E-state index contributed by atoms with van der Waals surface area (Å²) in [6.07, 6.45) is 0.913. The number of hydrogen-bond acceptors (Lipinski definition) is 5. The first-order valence-corrected chi connectivity index (χ1v) is 8.76. The number of thiophene rings is 1. The van der Waals surface area contributed by atoms with E-state index >= 15 is 0 Å². The van der Waals surface area contributed by atoms with E-state index in [1.807, 2.05) is 35.0 Å². The van der Waals surface area contributed by atoms with Crippen molar-refractivity contribution in [1.82, 2.24) is 4.90 Å². The Morgan fingerprint density at radius 3 is 2.78 bits per heavy atom. The zero-order valence-electron chi connectivity index (χ0n) is 13.3. The predicted octanol–water partition coefficient (Wildman–Crippen LogP) is 2.86. The molecule has 1 aliphatic rings. The molecule has 0 unspecified atom stereocenters. The van der Waals surface area contributed by atoms with Gasteiger partial charge < -0.3 is 9.47 Å². The SMILES string of the molecule is COc1cc(C(=O)c2ccsc2)ccc1CCN1CCOCC1. The van der Waals surface area contributed by atoms with E-state index in [-0.39, 0.29) is 5.78 Å². The average molecular weight is 331 g/mol. The zero-order valence-corrected chi connectivity index (χ0v) is 14.1. The molecule has 1 aliphatic heterocycles. The van der Waals surface area contributed by atoms with Crippen molar-refractivity contribution >= 4 is 17.1 Å². The van der Waals surface area contributed by atoms with E-state index in [1.54, 1.807) is 7.11 Å². The average Bonchev–Trinajstić information content (AvgIpc) is 3.14. The zero-order chi connectivity index (χ0) is 16.1. The molecule has 0 saturated carbocycles. The first-order valence-electron chi connectivity index (χ1n) is 7.82. The summed E-state index contributed by atoms with van der Waals surface area (Å²) in [7, 11) is 1.66. The predicted molar refractivity (Wildman–Crippen MR) is 91.7 cm³/mol. The number of nitrogens with zero attached hydrogens (tertiary/aromatic N) is 1. The maximum atomic E-state index is 12.4. The molecule has 0 amide bonds. The van der Waals surface area contributed by atoms with Gasteiger partial charge in [0.2, 0.25) is 0 Å². The van der Waals surface area contributed by atoms with Gasteiger partial charge in [0, 0.05) is 36.1 Å². The van der Waals surface area contributed by atoms with Crippen molar-refractivity contribution in [2.45, 2.75) is 6.42 Å². The Morgan fingerprint density at radius 1 is 1.26 bits per heavy atom. The fraction of sp³-hybridized carbons (Fsp3) is 0.389. The number of carbonyl (C=O) groups excluding carboxylic acids is 1. The summed E-state index contributed by atoms with van der Waals surface area (Å²) in [6, 6.07) is 7.62. The second kappa shape index (κ2) is 7.73. The Balaban J connectivity index is 1.70. The van der Waals surface area contributed by atoms with Gasteiger partial charge in [-0.15, -0.1) is 0 Å². The lowest BCUT2D eigenvalue weighted by Crippen LogP contribution is -2.37. The Morgan fingerprint density at radius 2 is 2.09 bits per heavy atom. The van der Waals surface area contributed by atoms with E-state index in [1.165, 1.54) is 11.3 Å². The summed E-state index contributed by atoms with van der Waals surface area (Å²) in [5.74, 6) is 0.837. The van der Waals surface area contributed by atoms with Gasteiger partial charge in [0.15, 0.2) is 5.78 Å². The maximum Gasteiger partial charge on any atom is 0.193 e. The molecule has 23 heavy (non-hydrogen) atoms. The third kappa shape index (κ3) is 3.99. The van der Waals surface area contributed by atoms with E-state index in [4.69, 9.17) is 9.47 Å². The number of methoxy groups -OCH3 is 1. The van der Waals surface area contributed by atoms with Crippen molar-refractivity contribution in [3.63, 3.8) is 0 Å². The van der Waals surface area contributed by atoms with E-state index in [2.05, 4.69) is 4.90 Å².